The zero-order chi connectivity index (χ0) is 38.7. The first kappa shape index (κ1) is 51.8. The summed E-state index contributed by atoms with van der Waals surface area (Å²) in [5, 5.41) is 33.3. The van der Waals surface area contributed by atoms with Crippen LogP contribution in [-0.4, -0.2) is 46.1 Å². The Bertz CT molecular complexity index is 784. The molecule has 0 rings (SSSR count). The van der Waals surface area contributed by atoms with Gasteiger partial charge in [-0.1, -0.05) is 224 Å². The van der Waals surface area contributed by atoms with Crippen LogP contribution in [0, 0.1) is 0 Å². The molecule has 0 fully saturated rings. The van der Waals surface area contributed by atoms with Gasteiger partial charge in [-0.15, -0.1) is 0 Å². The molecule has 1 amide bonds. The van der Waals surface area contributed by atoms with Gasteiger partial charge in [-0.2, -0.15) is 0 Å². The molecule has 0 saturated heterocycles. The summed E-state index contributed by atoms with van der Waals surface area (Å²) in [4.78, 5) is 12.5. The highest BCUT2D eigenvalue weighted by molar-refractivity contribution is 5.76. The van der Waals surface area contributed by atoms with Crippen LogP contribution in [0.2, 0.25) is 0 Å². The van der Waals surface area contributed by atoms with Gasteiger partial charge in [-0.25, -0.2) is 0 Å². The van der Waals surface area contributed by atoms with E-state index >= 15 is 0 Å². The number of hydrogen-bond donors (Lipinski definition) is 4. The van der Waals surface area contributed by atoms with Gasteiger partial charge in [0.1, 0.15) is 0 Å². The molecule has 0 saturated carbocycles. The number of hydrogen-bond acceptors (Lipinski definition) is 4. The molecule has 0 aliphatic carbocycles. The quantitative estimate of drug-likeness (QED) is 0.0369. The highest BCUT2D eigenvalue weighted by atomic mass is 16.3. The van der Waals surface area contributed by atoms with E-state index in [-0.39, 0.29) is 18.9 Å². The molecule has 3 atom stereocenters. The van der Waals surface area contributed by atoms with E-state index in [1.165, 1.54) is 186 Å². The normalized spacial score (nSPS) is 13.7. The molecule has 5 heteroatoms. The number of aliphatic hydroxyl groups excluding tert-OH is 3. The van der Waals surface area contributed by atoms with Crippen LogP contribution in [0.3, 0.4) is 0 Å². The van der Waals surface area contributed by atoms with Crippen molar-refractivity contribution in [3.05, 3.63) is 24.3 Å². The summed E-state index contributed by atoms with van der Waals surface area (Å²) in [6, 6.07) is -0.745. The van der Waals surface area contributed by atoms with Gasteiger partial charge in [0.25, 0.3) is 0 Å². The largest absolute Gasteiger partial charge is 0.394 e. The van der Waals surface area contributed by atoms with Gasteiger partial charge in [-0.3, -0.25) is 4.79 Å². The van der Waals surface area contributed by atoms with Crippen molar-refractivity contribution in [2.24, 2.45) is 0 Å². The molecule has 53 heavy (non-hydrogen) atoms. The van der Waals surface area contributed by atoms with Gasteiger partial charge >= 0.3 is 0 Å². The van der Waals surface area contributed by atoms with E-state index in [1.54, 1.807) is 6.08 Å². The molecule has 4 N–H and O–H groups in total. The molecule has 0 heterocycles. The monoisotopic (exact) mass is 748 g/mol. The molecule has 3 unspecified atom stereocenters. The summed E-state index contributed by atoms with van der Waals surface area (Å²) in [5.41, 5.74) is 0. The molecule has 0 bridgehead atoms. The highest BCUT2D eigenvalue weighted by Gasteiger charge is 2.20. The van der Waals surface area contributed by atoms with Gasteiger partial charge in [-0.05, 0) is 44.9 Å². The number of aliphatic hydroxyl groups is 3. The number of allylic oxidation sites excluding steroid dienone is 3. The van der Waals surface area contributed by atoms with E-state index in [0.29, 0.717) is 6.42 Å². The molecule has 0 aliphatic rings. The summed E-state index contributed by atoms with van der Waals surface area (Å²) < 4.78 is 0. The molecular weight excluding hydrogens is 655 g/mol. The van der Waals surface area contributed by atoms with Gasteiger partial charge < -0.3 is 20.6 Å². The van der Waals surface area contributed by atoms with Crippen LogP contribution >= 0.6 is 0 Å². The predicted octanol–water partition coefficient (Wildman–Crippen LogP) is 13.8. The molecule has 314 valence electrons. The van der Waals surface area contributed by atoms with E-state index < -0.39 is 18.2 Å². The summed E-state index contributed by atoms with van der Waals surface area (Å²) in [6.07, 6.45) is 53.3. The Morgan fingerprint density at radius 2 is 0.792 bits per heavy atom. The molecular formula is C48H93NO4. The van der Waals surface area contributed by atoms with Crippen LogP contribution in [0.5, 0.6) is 0 Å². The van der Waals surface area contributed by atoms with Crippen LogP contribution in [0.4, 0.5) is 0 Å². The summed E-state index contributed by atoms with van der Waals surface area (Å²) in [6.45, 7) is 4.23. The van der Waals surface area contributed by atoms with Crippen LogP contribution in [0.1, 0.15) is 251 Å². The van der Waals surface area contributed by atoms with Crippen molar-refractivity contribution in [1.29, 1.82) is 0 Å². The van der Waals surface area contributed by atoms with Crippen molar-refractivity contribution in [1.82, 2.24) is 5.32 Å². The molecule has 0 aromatic rings. The second-order valence-corrected chi connectivity index (χ2v) is 16.4. The van der Waals surface area contributed by atoms with Crippen molar-refractivity contribution in [2.75, 3.05) is 6.61 Å². The zero-order valence-corrected chi connectivity index (χ0v) is 35.7. The van der Waals surface area contributed by atoms with E-state index in [4.69, 9.17) is 0 Å². The highest BCUT2D eigenvalue weighted by Crippen LogP contribution is 2.16. The average molecular weight is 748 g/mol. The number of rotatable bonds is 43. The number of carbonyl (C=O) groups excluding carboxylic acids is 1. The fourth-order valence-corrected chi connectivity index (χ4v) is 7.34. The van der Waals surface area contributed by atoms with E-state index in [2.05, 4.69) is 31.3 Å². The summed E-state index contributed by atoms with van der Waals surface area (Å²) >= 11 is 0. The number of carbonyl (C=O) groups is 1. The van der Waals surface area contributed by atoms with Crippen LogP contribution in [-0.2, 0) is 4.79 Å². The Kier molecular flexibility index (Phi) is 42.6. The van der Waals surface area contributed by atoms with E-state index in [9.17, 15) is 20.1 Å². The van der Waals surface area contributed by atoms with Crippen molar-refractivity contribution < 1.29 is 20.1 Å². The second-order valence-electron chi connectivity index (χ2n) is 16.4. The third-order valence-corrected chi connectivity index (χ3v) is 11.0. The summed E-state index contributed by atoms with van der Waals surface area (Å²) in [5.74, 6) is -0.318. The second kappa shape index (κ2) is 43.6. The first-order valence-corrected chi connectivity index (χ1v) is 23.6. The molecule has 0 aromatic heterocycles. The lowest BCUT2D eigenvalue weighted by molar-refractivity contribution is -0.124. The minimum atomic E-state index is -0.929. The van der Waals surface area contributed by atoms with Gasteiger partial charge in [0.2, 0.25) is 5.91 Å². The first-order valence-electron chi connectivity index (χ1n) is 23.6. The first-order chi connectivity index (χ1) is 26.0. The molecule has 0 aromatic carbocycles. The van der Waals surface area contributed by atoms with E-state index in [1.807, 2.05) is 6.08 Å². The number of unbranched alkanes of at least 4 members (excludes halogenated alkanes) is 32. The van der Waals surface area contributed by atoms with Crippen molar-refractivity contribution in [3.8, 4) is 0 Å². The molecule has 0 spiro atoms. The number of amides is 1. The van der Waals surface area contributed by atoms with Gasteiger partial charge in [0, 0.05) is 0 Å². The smallest absolute Gasteiger partial charge is 0.222 e. The van der Waals surface area contributed by atoms with Gasteiger partial charge in [0.05, 0.1) is 31.3 Å². The standard InChI is InChI=1S/C48H93NO4/c1-3-5-7-9-11-13-15-17-19-21-22-23-24-26-27-29-31-33-35-37-39-41-45(51)43-48(53)49-46(44-50)47(52)42-40-38-36-34-32-30-28-25-20-18-16-14-12-10-8-6-4-2/h26-27,40,42,45-47,50-52H,3-25,28-39,41,43-44H2,1-2H3,(H,49,53)/b27-26-,42-40+. The Balaban J connectivity index is 3.64. The van der Waals surface area contributed by atoms with Crippen LogP contribution in [0.25, 0.3) is 0 Å². The Morgan fingerprint density at radius 1 is 0.472 bits per heavy atom. The Hall–Kier alpha value is -1.17. The fraction of sp³-hybridized carbons (Fsp3) is 0.896. The predicted molar refractivity (Wildman–Crippen MR) is 231 cm³/mol. The Morgan fingerprint density at radius 3 is 1.15 bits per heavy atom. The maximum absolute atomic E-state index is 12.5. The lowest BCUT2D eigenvalue weighted by atomic mass is 10.0. The van der Waals surface area contributed by atoms with Crippen molar-refractivity contribution in [3.63, 3.8) is 0 Å². The maximum atomic E-state index is 12.5. The van der Waals surface area contributed by atoms with Crippen molar-refractivity contribution in [2.45, 2.75) is 270 Å². The minimum Gasteiger partial charge on any atom is -0.394 e. The maximum Gasteiger partial charge on any atom is 0.222 e. The summed E-state index contributed by atoms with van der Waals surface area (Å²) in [7, 11) is 0. The molecule has 5 nitrogen and oxygen atoms in total. The van der Waals surface area contributed by atoms with E-state index in [0.717, 1.165) is 38.5 Å². The lowest BCUT2D eigenvalue weighted by Crippen LogP contribution is -2.45. The third-order valence-electron chi connectivity index (χ3n) is 11.0. The van der Waals surface area contributed by atoms with Crippen molar-refractivity contribution >= 4 is 5.91 Å². The van der Waals surface area contributed by atoms with Gasteiger partial charge in [0.15, 0.2) is 0 Å². The fourth-order valence-electron chi connectivity index (χ4n) is 7.34. The Labute approximate surface area is 331 Å². The molecule has 0 aliphatic heterocycles. The zero-order valence-electron chi connectivity index (χ0n) is 35.7. The topological polar surface area (TPSA) is 89.8 Å². The lowest BCUT2D eigenvalue weighted by Gasteiger charge is -2.21. The van der Waals surface area contributed by atoms with Crippen LogP contribution < -0.4 is 5.32 Å². The minimum absolute atomic E-state index is 0.00997. The van der Waals surface area contributed by atoms with Crippen LogP contribution in [0.15, 0.2) is 24.3 Å². The molecule has 0 radical (unpaired) electrons. The third kappa shape index (κ3) is 40.3. The SMILES string of the molecule is CCCCCCCCCCCCCC/C=C\CCCCCCCC(O)CC(=O)NC(CO)C(O)/C=C/CCCCCCCCCCCCCCCCC. The average Bonchev–Trinajstić information content (AvgIpc) is 3.15. The number of nitrogens with one attached hydrogen (secondary N) is 1.